The van der Waals surface area contributed by atoms with E-state index in [1.807, 2.05) is 37.3 Å². The van der Waals surface area contributed by atoms with E-state index in [-0.39, 0.29) is 22.1 Å². The van der Waals surface area contributed by atoms with Crippen LogP contribution < -0.4 is 4.72 Å². The van der Waals surface area contributed by atoms with Crippen molar-refractivity contribution >= 4 is 32.3 Å². The van der Waals surface area contributed by atoms with Gasteiger partial charge in [0.25, 0.3) is 10.0 Å². The van der Waals surface area contributed by atoms with Gasteiger partial charge in [-0.15, -0.1) is 11.3 Å². The monoisotopic (exact) mass is 401 g/mol. The first-order chi connectivity index (χ1) is 12.9. The third-order valence-corrected chi connectivity index (χ3v) is 6.30. The van der Waals surface area contributed by atoms with E-state index in [9.17, 15) is 13.2 Å². The summed E-state index contributed by atoms with van der Waals surface area (Å²) in [6.45, 7) is 3.80. The molecule has 1 heterocycles. The molecule has 3 aromatic rings. The van der Waals surface area contributed by atoms with Crippen molar-refractivity contribution in [3.05, 3.63) is 71.1 Å². The molecule has 0 amide bonds. The van der Waals surface area contributed by atoms with Crippen molar-refractivity contribution in [2.24, 2.45) is 0 Å². The number of hydrogen-bond acceptors (Lipinski definition) is 5. The van der Waals surface area contributed by atoms with Crippen LogP contribution in [0, 0.1) is 6.92 Å². The van der Waals surface area contributed by atoms with Gasteiger partial charge in [-0.25, -0.2) is 13.2 Å². The fourth-order valence-electron chi connectivity index (χ4n) is 2.57. The Hall–Kier alpha value is -2.64. The van der Waals surface area contributed by atoms with Crippen molar-refractivity contribution in [2.45, 2.75) is 18.7 Å². The van der Waals surface area contributed by atoms with Crippen LogP contribution in [0.4, 0.5) is 5.00 Å². The summed E-state index contributed by atoms with van der Waals surface area (Å²) < 4.78 is 33.2. The van der Waals surface area contributed by atoms with Gasteiger partial charge in [0.05, 0.1) is 11.5 Å². The number of ether oxygens (including phenoxy) is 1. The van der Waals surface area contributed by atoms with Gasteiger partial charge in [0, 0.05) is 10.9 Å². The van der Waals surface area contributed by atoms with Crippen LogP contribution in [0.25, 0.3) is 11.1 Å². The normalized spacial score (nSPS) is 11.2. The molecule has 0 spiro atoms. The van der Waals surface area contributed by atoms with Crippen LogP contribution in [-0.2, 0) is 14.8 Å². The predicted octanol–water partition coefficient (Wildman–Crippen LogP) is 4.70. The largest absolute Gasteiger partial charge is 0.462 e. The van der Waals surface area contributed by atoms with E-state index < -0.39 is 16.0 Å². The minimum Gasteiger partial charge on any atom is -0.462 e. The van der Waals surface area contributed by atoms with Gasteiger partial charge in [-0.2, -0.15) is 0 Å². The van der Waals surface area contributed by atoms with Crippen LogP contribution in [0.1, 0.15) is 22.8 Å². The second-order valence-corrected chi connectivity index (χ2v) is 8.42. The van der Waals surface area contributed by atoms with Crippen molar-refractivity contribution in [3.8, 4) is 11.1 Å². The number of thiophene rings is 1. The minimum absolute atomic E-state index is 0.137. The average Bonchev–Trinajstić information content (AvgIpc) is 3.06. The molecule has 0 aliphatic rings. The van der Waals surface area contributed by atoms with E-state index in [2.05, 4.69) is 4.72 Å². The zero-order valence-corrected chi connectivity index (χ0v) is 16.6. The van der Waals surface area contributed by atoms with Gasteiger partial charge in [0.1, 0.15) is 10.6 Å². The molecule has 0 unspecified atom stereocenters. The predicted molar refractivity (Wildman–Crippen MR) is 108 cm³/mol. The second kappa shape index (κ2) is 7.94. The zero-order valence-electron chi connectivity index (χ0n) is 14.9. The third kappa shape index (κ3) is 4.20. The lowest BCUT2D eigenvalue weighted by atomic mass is 10.0. The molecule has 0 saturated carbocycles. The number of sulfonamides is 1. The van der Waals surface area contributed by atoms with Gasteiger partial charge < -0.3 is 4.74 Å². The van der Waals surface area contributed by atoms with Crippen LogP contribution in [-0.4, -0.2) is 21.0 Å². The molecule has 0 aliphatic heterocycles. The van der Waals surface area contributed by atoms with Crippen molar-refractivity contribution < 1.29 is 17.9 Å². The van der Waals surface area contributed by atoms with E-state index in [0.29, 0.717) is 5.56 Å². The topological polar surface area (TPSA) is 72.5 Å². The molecule has 0 radical (unpaired) electrons. The third-order valence-electron chi connectivity index (χ3n) is 3.91. The summed E-state index contributed by atoms with van der Waals surface area (Å²) in [6.07, 6.45) is 0. The second-order valence-electron chi connectivity index (χ2n) is 5.86. The first kappa shape index (κ1) is 19.1. The van der Waals surface area contributed by atoms with Crippen molar-refractivity contribution in [3.63, 3.8) is 0 Å². The molecule has 7 heteroatoms. The fourth-order valence-corrected chi connectivity index (χ4v) is 4.85. The Labute approximate surface area is 162 Å². The Morgan fingerprint density at radius 1 is 1.07 bits per heavy atom. The Balaban J connectivity index is 2.04. The molecule has 0 aliphatic carbocycles. The molecule has 27 heavy (non-hydrogen) atoms. The lowest BCUT2D eigenvalue weighted by molar-refractivity contribution is 0.0529. The Kier molecular flexibility index (Phi) is 5.62. The van der Waals surface area contributed by atoms with E-state index in [4.69, 9.17) is 4.74 Å². The van der Waals surface area contributed by atoms with Gasteiger partial charge in [-0.1, -0.05) is 48.0 Å². The molecule has 0 saturated heterocycles. The lowest BCUT2D eigenvalue weighted by Gasteiger charge is -2.10. The number of carbonyl (C=O) groups is 1. The van der Waals surface area contributed by atoms with E-state index in [0.717, 1.165) is 22.5 Å². The summed E-state index contributed by atoms with van der Waals surface area (Å²) >= 11 is 1.16. The molecule has 2 aromatic carbocycles. The molecular formula is C20H19NO4S2. The Bertz CT molecular complexity index is 1040. The highest BCUT2D eigenvalue weighted by atomic mass is 32.2. The van der Waals surface area contributed by atoms with E-state index >= 15 is 0 Å². The summed E-state index contributed by atoms with van der Waals surface area (Å²) in [5.74, 6) is -0.556. The number of rotatable bonds is 6. The molecule has 140 valence electrons. The van der Waals surface area contributed by atoms with Crippen LogP contribution >= 0.6 is 11.3 Å². The molecule has 1 aromatic heterocycles. The summed E-state index contributed by atoms with van der Waals surface area (Å²) in [7, 11) is -3.82. The highest BCUT2D eigenvalue weighted by Crippen LogP contribution is 2.37. The van der Waals surface area contributed by atoms with Gasteiger partial charge in [-0.3, -0.25) is 4.72 Å². The van der Waals surface area contributed by atoms with Gasteiger partial charge in [0.15, 0.2) is 0 Å². The molecule has 1 N–H and O–H groups in total. The summed E-state index contributed by atoms with van der Waals surface area (Å²) in [4.78, 5) is 12.7. The highest BCUT2D eigenvalue weighted by Gasteiger charge is 2.25. The zero-order chi connectivity index (χ0) is 19.4. The summed E-state index contributed by atoms with van der Waals surface area (Å²) in [6, 6.07) is 15.8. The number of esters is 1. The summed E-state index contributed by atoms with van der Waals surface area (Å²) in [5, 5.41) is 2.00. The molecule has 3 rings (SSSR count). The van der Waals surface area contributed by atoms with Crippen molar-refractivity contribution in [1.82, 2.24) is 0 Å². The maximum Gasteiger partial charge on any atom is 0.341 e. The highest BCUT2D eigenvalue weighted by molar-refractivity contribution is 7.93. The molecule has 5 nitrogen and oxygen atoms in total. The van der Waals surface area contributed by atoms with Crippen molar-refractivity contribution in [2.75, 3.05) is 11.3 Å². The van der Waals surface area contributed by atoms with Crippen LogP contribution in [0.5, 0.6) is 0 Å². The molecule has 0 atom stereocenters. The first-order valence-electron chi connectivity index (χ1n) is 8.36. The number of aryl methyl sites for hydroxylation is 1. The smallest absolute Gasteiger partial charge is 0.341 e. The lowest BCUT2D eigenvalue weighted by Crippen LogP contribution is -2.15. The number of carbonyl (C=O) groups excluding carboxylic acids is 1. The standard InChI is InChI=1S/C20H19NO4S2/c1-3-25-20(22)18-17(15-7-5-4-6-8-15)13-26-19(18)21-27(23,24)16-11-9-14(2)10-12-16/h4-13,21H,3H2,1-2H3. The number of nitrogens with one attached hydrogen (secondary N) is 1. The van der Waals surface area contributed by atoms with Crippen LogP contribution in [0.2, 0.25) is 0 Å². The number of anilines is 1. The first-order valence-corrected chi connectivity index (χ1v) is 10.7. The molecule has 0 fully saturated rings. The number of benzene rings is 2. The van der Waals surface area contributed by atoms with Gasteiger partial charge in [-0.05, 0) is 31.5 Å². The van der Waals surface area contributed by atoms with Gasteiger partial charge in [0.2, 0.25) is 0 Å². The molecule has 0 bridgehead atoms. The maximum atomic E-state index is 12.7. The van der Waals surface area contributed by atoms with Crippen molar-refractivity contribution in [1.29, 1.82) is 0 Å². The van der Waals surface area contributed by atoms with E-state index in [1.54, 1.807) is 24.4 Å². The number of hydrogen-bond donors (Lipinski definition) is 1. The van der Waals surface area contributed by atoms with Crippen LogP contribution in [0.15, 0.2) is 64.9 Å². The Morgan fingerprint density at radius 3 is 2.37 bits per heavy atom. The maximum absolute atomic E-state index is 12.7. The summed E-state index contributed by atoms with van der Waals surface area (Å²) in [5.41, 5.74) is 2.64. The average molecular weight is 402 g/mol. The Morgan fingerprint density at radius 2 is 1.74 bits per heavy atom. The molecular weight excluding hydrogens is 382 g/mol. The minimum atomic E-state index is -3.82. The quantitative estimate of drug-likeness (QED) is 0.608. The van der Waals surface area contributed by atoms with Crippen LogP contribution in [0.3, 0.4) is 0 Å². The fraction of sp³-hybridized carbons (Fsp3) is 0.150. The van der Waals surface area contributed by atoms with E-state index in [1.165, 1.54) is 12.1 Å². The SMILES string of the molecule is CCOC(=O)c1c(-c2ccccc2)csc1NS(=O)(=O)c1ccc(C)cc1. The van der Waals surface area contributed by atoms with Gasteiger partial charge >= 0.3 is 5.97 Å².